The molecule has 4 nitrogen and oxygen atoms in total. The maximum atomic E-state index is 12.2. The molecular formula is C13H14INO3S. The lowest BCUT2D eigenvalue weighted by atomic mass is 9.84. The molecule has 1 aromatic heterocycles. The maximum Gasteiger partial charge on any atom is 0.308 e. The second kappa shape index (κ2) is 5.05. The SMILES string of the molecule is O=C(NC1C2CCC(C2)C1C(=O)O)c1csc(I)c1. The zero-order chi connectivity index (χ0) is 13.6. The number of rotatable bonds is 3. The van der Waals surface area contributed by atoms with Crippen LogP contribution in [-0.4, -0.2) is 23.0 Å². The average Bonchev–Trinajstić information content (AvgIpc) is 3.03. The molecule has 0 spiro atoms. The number of carbonyl (C=O) groups excluding carboxylic acids is 1. The minimum absolute atomic E-state index is 0.136. The Labute approximate surface area is 128 Å². The van der Waals surface area contributed by atoms with Crippen molar-refractivity contribution < 1.29 is 14.7 Å². The van der Waals surface area contributed by atoms with E-state index in [2.05, 4.69) is 27.9 Å². The van der Waals surface area contributed by atoms with Crippen LogP contribution in [0.5, 0.6) is 0 Å². The Balaban J connectivity index is 1.75. The summed E-state index contributed by atoms with van der Waals surface area (Å²) in [5.74, 6) is -0.719. The van der Waals surface area contributed by atoms with Gasteiger partial charge in [-0.25, -0.2) is 0 Å². The predicted molar refractivity (Wildman–Crippen MR) is 80.2 cm³/mol. The fourth-order valence-corrected chi connectivity index (χ4v) is 4.84. The van der Waals surface area contributed by atoms with E-state index in [1.807, 2.05) is 11.4 Å². The smallest absolute Gasteiger partial charge is 0.308 e. The number of hydrogen-bond donors (Lipinski definition) is 2. The Morgan fingerprint density at radius 3 is 2.74 bits per heavy atom. The molecule has 2 aliphatic rings. The Morgan fingerprint density at radius 1 is 1.37 bits per heavy atom. The summed E-state index contributed by atoms with van der Waals surface area (Å²) >= 11 is 3.70. The molecule has 102 valence electrons. The minimum atomic E-state index is -0.766. The van der Waals surface area contributed by atoms with Crippen LogP contribution in [0, 0.1) is 20.6 Å². The number of amides is 1. The zero-order valence-electron chi connectivity index (χ0n) is 10.1. The van der Waals surface area contributed by atoms with Crippen molar-refractivity contribution in [3.05, 3.63) is 19.9 Å². The van der Waals surface area contributed by atoms with Crippen molar-refractivity contribution >= 4 is 45.8 Å². The normalized spacial score (nSPS) is 32.5. The van der Waals surface area contributed by atoms with Gasteiger partial charge >= 0.3 is 5.97 Å². The van der Waals surface area contributed by atoms with E-state index in [1.165, 1.54) is 11.3 Å². The molecular weight excluding hydrogens is 377 g/mol. The Morgan fingerprint density at radius 2 is 2.11 bits per heavy atom. The molecule has 0 aromatic carbocycles. The van der Waals surface area contributed by atoms with E-state index in [4.69, 9.17) is 0 Å². The standard InChI is InChI=1S/C13H14INO3S/c14-9-4-8(5-19-9)12(16)15-11-7-2-1-6(3-7)10(11)13(17)18/h4-7,10-11H,1-3H2,(H,15,16)(H,17,18). The third-order valence-electron chi connectivity index (χ3n) is 4.33. The first kappa shape index (κ1) is 13.4. The summed E-state index contributed by atoms with van der Waals surface area (Å²) in [5.41, 5.74) is 0.640. The molecule has 4 atom stereocenters. The van der Waals surface area contributed by atoms with Gasteiger partial charge in [0.1, 0.15) is 0 Å². The van der Waals surface area contributed by atoms with Gasteiger partial charge in [0.05, 0.1) is 14.4 Å². The molecule has 1 heterocycles. The molecule has 6 heteroatoms. The quantitative estimate of drug-likeness (QED) is 0.779. The Hall–Kier alpha value is -0.630. The highest BCUT2D eigenvalue weighted by Crippen LogP contribution is 2.48. The van der Waals surface area contributed by atoms with Gasteiger partial charge in [-0.15, -0.1) is 11.3 Å². The largest absolute Gasteiger partial charge is 0.481 e. The fourth-order valence-electron chi connectivity index (χ4n) is 3.52. The summed E-state index contributed by atoms with van der Waals surface area (Å²) in [6.07, 6.45) is 2.98. The summed E-state index contributed by atoms with van der Waals surface area (Å²) in [5, 5.41) is 14.1. The van der Waals surface area contributed by atoms with Crippen LogP contribution in [0.3, 0.4) is 0 Å². The third kappa shape index (κ3) is 2.40. The number of carboxylic acid groups (broad SMARTS) is 1. The number of thiophene rings is 1. The number of fused-ring (bicyclic) bond motifs is 2. The first-order valence-corrected chi connectivity index (χ1v) is 8.30. The zero-order valence-corrected chi connectivity index (χ0v) is 13.1. The molecule has 2 N–H and O–H groups in total. The van der Waals surface area contributed by atoms with Gasteiger partial charge in [-0.05, 0) is 59.8 Å². The lowest BCUT2D eigenvalue weighted by molar-refractivity contribution is -0.144. The number of nitrogens with one attached hydrogen (secondary N) is 1. The van der Waals surface area contributed by atoms with Crippen LogP contribution in [0.2, 0.25) is 0 Å². The van der Waals surface area contributed by atoms with Crippen molar-refractivity contribution in [1.29, 1.82) is 0 Å². The lowest BCUT2D eigenvalue weighted by Gasteiger charge is -2.28. The highest BCUT2D eigenvalue weighted by molar-refractivity contribution is 14.1. The van der Waals surface area contributed by atoms with E-state index < -0.39 is 11.9 Å². The molecule has 2 bridgehead atoms. The molecule has 3 rings (SSSR count). The highest BCUT2D eigenvalue weighted by atomic mass is 127. The van der Waals surface area contributed by atoms with E-state index >= 15 is 0 Å². The van der Waals surface area contributed by atoms with E-state index in [9.17, 15) is 14.7 Å². The van der Waals surface area contributed by atoms with Crippen molar-refractivity contribution in [3.8, 4) is 0 Å². The molecule has 0 saturated heterocycles. The molecule has 0 aliphatic heterocycles. The van der Waals surface area contributed by atoms with Crippen molar-refractivity contribution in [2.45, 2.75) is 25.3 Å². The van der Waals surface area contributed by atoms with E-state index in [0.29, 0.717) is 11.5 Å². The number of carboxylic acids is 1. The molecule has 1 aromatic rings. The van der Waals surface area contributed by atoms with Gasteiger partial charge in [0, 0.05) is 11.4 Å². The van der Waals surface area contributed by atoms with E-state index in [0.717, 1.165) is 22.1 Å². The van der Waals surface area contributed by atoms with Crippen molar-refractivity contribution in [2.24, 2.45) is 17.8 Å². The summed E-state index contributed by atoms with van der Waals surface area (Å²) in [6.45, 7) is 0. The van der Waals surface area contributed by atoms with Gasteiger partial charge < -0.3 is 10.4 Å². The summed E-state index contributed by atoms with van der Waals surface area (Å²) in [4.78, 5) is 23.5. The van der Waals surface area contributed by atoms with Crippen molar-refractivity contribution in [2.75, 3.05) is 0 Å². The minimum Gasteiger partial charge on any atom is -0.481 e. The van der Waals surface area contributed by atoms with Gasteiger partial charge in [-0.3, -0.25) is 9.59 Å². The number of aliphatic carboxylic acids is 1. The van der Waals surface area contributed by atoms with E-state index in [-0.39, 0.29) is 17.9 Å². The van der Waals surface area contributed by atoms with Gasteiger partial charge in [-0.1, -0.05) is 0 Å². The fraction of sp³-hybridized carbons (Fsp3) is 0.538. The molecule has 19 heavy (non-hydrogen) atoms. The molecule has 2 fully saturated rings. The summed E-state index contributed by atoms with van der Waals surface area (Å²) < 4.78 is 1.06. The number of halogens is 1. The monoisotopic (exact) mass is 391 g/mol. The van der Waals surface area contributed by atoms with E-state index in [1.54, 1.807) is 0 Å². The number of hydrogen-bond acceptors (Lipinski definition) is 3. The van der Waals surface area contributed by atoms with Crippen molar-refractivity contribution in [1.82, 2.24) is 5.32 Å². The Kier molecular flexibility index (Phi) is 3.55. The molecule has 4 unspecified atom stereocenters. The highest BCUT2D eigenvalue weighted by Gasteiger charge is 2.51. The van der Waals surface area contributed by atoms with Gasteiger partial charge in [0.2, 0.25) is 0 Å². The van der Waals surface area contributed by atoms with Gasteiger partial charge in [-0.2, -0.15) is 0 Å². The Bertz CT molecular complexity index is 530. The van der Waals surface area contributed by atoms with Crippen LogP contribution in [0.15, 0.2) is 11.4 Å². The van der Waals surface area contributed by atoms with Gasteiger partial charge in [0.15, 0.2) is 0 Å². The third-order valence-corrected chi connectivity index (χ3v) is 6.12. The van der Waals surface area contributed by atoms with Crippen LogP contribution in [0.4, 0.5) is 0 Å². The molecule has 0 radical (unpaired) electrons. The molecule has 1 amide bonds. The molecule has 2 aliphatic carbocycles. The van der Waals surface area contributed by atoms with Crippen LogP contribution < -0.4 is 5.32 Å². The second-order valence-corrected chi connectivity index (χ2v) is 8.14. The lowest BCUT2D eigenvalue weighted by Crippen LogP contribution is -2.46. The van der Waals surface area contributed by atoms with Gasteiger partial charge in [0.25, 0.3) is 5.91 Å². The summed E-state index contributed by atoms with van der Waals surface area (Å²) in [6, 6.07) is 1.64. The predicted octanol–water partition coefficient (Wildman–Crippen LogP) is 2.58. The van der Waals surface area contributed by atoms with Crippen LogP contribution in [0.25, 0.3) is 0 Å². The first-order chi connectivity index (χ1) is 9.06. The number of carbonyl (C=O) groups is 2. The topological polar surface area (TPSA) is 66.4 Å². The van der Waals surface area contributed by atoms with Crippen LogP contribution in [0.1, 0.15) is 29.6 Å². The van der Waals surface area contributed by atoms with Crippen LogP contribution >= 0.6 is 33.9 Å². The summed E-state index contributed by atoms with van der Waals surface area (Å²) in [7, 11) is 0. The maximum absolute atomic E-state index is 12.2. The van der Waals surface area contributed by atoms with Crippen molar-refractivity contribution in [3.63, 3.8) is 0 Å². The molecule has 2 saturated carbocycles. The average molecular weight is 391 g/mol. The second-order valence-electron chi connectivity index (χ2n) is 5.34. The first-order valence-electron chi connectivity index (χ1n) is 6.34. The van der Waals surface area contributed by atoms with Crippen LogP contribution in [-0.2, 0) is 4.79 Å².